The topological polar surface area (TPSA) is 62.2 Å². The third-order valence-electron chi connectivity index (χ3n) is 4.55. The molecule has 1 heterocycles. The zero-order valence-electron chi connectivity index (χ0n) is 15.5. The van der Waals surface area contributed by atoms with Crippen LogP contribution in [-0.2, 0) is 0 Å². The van der Waals surface area contributed by atoms with Gasteiger partial charge in [-0.15, -0.1) is 11.3 Å². The van der Waals surface area contributed by atoms with Crippen molar-refractivity contribution in [2.24, 2.45) is 0 Å². The Balaban J connectivity index is 1.61. The highest BCUT2D eigenvalue weighted by atomic mass is 35.5. The molecule has 0 radical (unpaired) electrons. The zero-order valence-corrected chi connectivity index (χ0v) is 17.9. The molecule has 0 aliphatic heterocycles. The molecule has 7 heteroatoms. The van der Waals surface area contributed by atoms with Crippen molar-refractivity contribution in [3.8, 4) is 17.0 Å². The summed E-state index contributed by atoms with van der Waals surface area (Å²) in [4.78, 5) is 17.4. The van der Waals surface area contributed by atoms with E-state index in [4.69, 9.17) is 23.2 Å². The molecule has 30 heavy (non-hydrogen) atoms. The molecule has 0 aliphatic rings. The predicted molar refractivity (Wildman–Crippen MR) is 121 cm³/mol. The summed E-state index contributed by atoms with van der Waals surface area (Å²) < 4.78 is 0. The number of nitrogens with one attached hydrogen (secondary N) is 1. The van der Waals surface area contributed by atoms with Crippen molar-refractivity contribution in [1.29, 1.82) is 0 Å². The molecule has 4 rings (SSSR count). The number of hydrogen-bond donors (Lipinski definition) is 2. The summed E-state index contributed by atoms with van der Waals surface area (Å²) in [5.74, 6) is -0.455. The van der Waals surface area contributed by atoms with Crippen LogP contribution in [0.5, 0.6) is 5.75 Å². The van der Waals surface area contributed by atoms with Gasteiger partial charge >= 0.3 is 0 Å². The highest BCUT2D eigenvalue weighted by Gasteiger charge is 2.20. The van der Waals surface area contributed by atoms with Crippen molar-refractivity contribution in [3.63, 3.8) is 0 Å². The van der Waals surface area contributed by atoms with Crippen LogP contribution < -0.4 is 5.32 Å². The summed E-state index contributed by atoms with van der Waals surface area (Å²) in [6.45, 7) is 0. The van der Waals surface area contributed by atoms with E-state index in [0.717, 1.165) is 11.1 Å². The predicted octanol–water partition coefficient (Wildman–Crippen LogP) is 6.34. The average molecular weight is 455 g/mol. The van der Waals surface area contributed by atoms with E-state index in [1.807, 2.05) is 60.7 Å². The number of thiazole rings is 1. The third kappa shape index (κ3) is 4.33. The number of amides is 1. The number of benzene rings is 3. The molecule has 0 fully saturated rings. The van der Waals surface area contributed by atoms with Gasteiger partial charge in [-0.25, -0.2) is 4.98 Å². The lowest BCUT2D eigenvalue weighted by Crippen LogP contribution is -2.29. The molecule has 0 bridgehead atoms. The number of hydrogen-bond acceptors (Lipinski definition) is 4. The molecule has 4 aromatic rings. The second-order valence-electron chi connectivity index (χ2n) is 6.55. The van der Waals surface area contributed by atoms with Crippen LogP contribution in [0.2, 0.25) is 10.0 Å². The molecule has 150 valence electrons. The highest BCUT2D eigenvalue weighted by molar-refractivity contribution is 7.12. The Kier molecular flexibility index (Phi) is 6.04. The first-order chi connectivity index (χ1) is 14.5. The molecule has 1 aromatic heterocycles. The molecule has 0 aliphatic carbocycles. The second kappa shape index (κ2) is 8.88. The minimum absolute atomic E-state index is 0.129. The maximum absolute atomic E-state index is 13.0. The van der Waals surface area contributed by atoms with E-state index in [0.29, 0.717) is 16.3 Å². The highest BCUT2D eigenvalue weighted by Crippen LogP contribution is 2.36. The summed E-state index contributed by atoms with van der Waals surface area (Å²) in [5, 5.41) is 15.2. The molecule has 0 saturated heterocycles. The number of aromatic nitrogens is 1. The Bertz CT molecular complexity index is 1120. The smallest absolute Gasteiger partial charge is 0.281 e. The van der Waals surface area contributed by atoms with Gasteiger partial charge in [0.25, 0.3) is 5.91 Å². The van der Waals surface area contributed by atoms with E-state index in [2.05, 4.69) is 10.3 Å². The van der Waals surface area contributed by atoms with Crippen molar-refractivity contribution in [2.75, 3.05) is 0 Å². The number of phenolic OH excluding ortho intramolecular Hbond substituents is 1. The van der Waals surface area contributed by atoms with E-state index in [-0.39, 0.29) is 27.7 Å². The van der Waals surface area contributed by atoms with Crippen LogP contribution in [-0.4, -0.2) is 16.0 Å². The number of phenols is 1. The maximum Gasteiger partial charge on any atom is 0.281 e. The summed E-state index contributed by atoms with van der Waals surface area (Å²) in [6, 6.07) is 22.4. The van der Waals surface area contributed by atoms with Gasteiger partial charge in [0.2, 0.25) is 0 Å². The largest absolute Gasteiger partial charge is 0.505 e. The third-order valence-corrected chi connectivity index (χ3v) is 5.97. The Hall–Kier alpha value is -2.86. The normalized spacial score (nSPS) is 10.9. The zero-order chi connectivity index (χ0) is 21.1. The lowest BCUT2D eigenvalue weighted by molar-refractivity contribution is 0.0942. The summed E-state index contributed by atoms with van der Waals surface area (Å²) >= 11 is 13.2. The van der Waals surface area contributed by atoms with Crippen LogP contribution >= 0.6 is 34.5 Å². The molecule has 0 saturated carbocycles. The SMILES string of the molecule is O=C(NC(c1ccccc1)c1ccccc1)c1nc(-c2cc(Cl)c(O)c(Cl)c2)cs1. The van der Waals surface area contributed by atoms with Gasteiger partial charge in [0.05, 0.1) is 21.8 Å². The van der Waals surface area contributed by atoms with Crippen molar-refractivity contribution in [3.05, 3.63) is 104 Å². The average Bonchev–Trinajstić information content (AvgIpc) is 3.27. The van der Waals surface area contributed by atoms with E-state index in [1.54, 1.807) is 17.5 Å². The van der Waals surface area contributed by atoms with Gasteiger partial charge in [-0.3, -0.25) is 4.79 Å². The fourth-order valence-electron chi connectivity index (χ4n) is 3.07. The van der Waals surface area contributed by atoms with Gasteiger partial charge < -0.3 is 10.4 Å². The molecule has 1 amide bonds. The lowest BCUT2D eigenvalue weighted by Gasteiger charge is -2.19. The lowest BCUT2D eigenvalue weighted by atomic mass is 9.99. The van der Waals surface area contributed by atoms with Crippen LogP contribution in [0.4, 0.5) is 0 Å². The standard InChI is InChI=1S/C23H16Cl2N2O2S/c24-17-11-16(12-18(25)21(17)28)19-13-30-23(26-19)22(29)27-20(14-7-3-1-4-8-14)15-9-5-2-6-10-15/h1-13,20,28H,(H,27,29). The fourth-order valence-corrected chi connectivity index (χ4v) is 4.28. The van der Waals surface area contributed by atoms with Gasteiger partial charge in [-0.1, -0.05) is 83.9 Å². The van der Waals surface area contributed by atoms with E-state index >= 15 is 0 Å². The van der Waals surface area contributed by atoms with Gasteiger partial charge in [0, 0.05) is 10.9 Å². The Morgan fingerprint density at radius 1 is 0.933 bits per heavy atom. The number of halogens is 2. The Morgan fingerprint density at radius 3 is 2.00 bits per heavy atom. The van der Waals surface area contributed by atoms with E-state index in [1.165, 1.54) is 11.3 Å². The molecule has 0 unspecified atom stereocenters. The first kappa shape index (κ1) is 20.4. The summed E-state index contributed by atoms with van der Waals surface area (Å²) in [7, 11) is 0. The Labute approximate surface area is 187 Å². The molecule has 2 N–H and O–H groups in total. The van der Waals surface area contributed by atoms with E-state index in [9.17, 15) is 9.90 Å². The van der Waals surface area contributed by atoms with Crippen LogP contribution in [0.15, 0.2) is 78.2 Å². The quantitative estimate of drug-likeness (QED) is 0.369. The van der Waals surface area contributed by atoms with Gasteiger partial charge in [-0.2, -0.15) is 0 Å². The molecular weight excluding hydrogens is 439 g/mol. The minimum Gasteiger partial charge on any atom is -0.505 e. The number of carbonyl (C=O) groups is 1. The minimum atomic E-state index is -0.301. The van der Waals surface area contributed by atoms with Crippen LogP contribution in [0.3, 0.4) is 0 Å². The summed E-state index contributed by atoms with van der Waals surface area (Å²) in [5.41, 5.74) is 3.14. The van der Waals surface area contributed by atoms with Gasteiger partial charge in [0.1, 0.15) is 0 Å². The number of aromatic hydroxyl groups is 1. The van der Waals surface area contributed by atoms with Crippen LogP contribution in [0, 0.1) is 0 Å². The monoisotopic (exact) mass is 454 g/mol. The number of rotatable bonds is 5. The van der Waals surface area contributed by atoms with E-state index < -0.39 is 0 Å². The van der Waals surface area contributed by atoms with Crippen molar-refractivity contribution >= 4 is 40.4 Å². The summed E-state index contributed by atoms with van der Waals surface area (Å²) in [6.07, 6.45) is 0. The molecule has 0 spiro atoms. The number of nitrogens with zero attached hydrogens (tertiary/aromatic N) is 1. The fraction of sp³-hybridized carbons (Fsp3) is 0.0435. The second-order valence-corrected chi connectivity index (χ2v) is 8.23. The maximum atomic E-state index is 13.0. The van der Waals surface area contributed by atoms with Gasteiger partial charge in [-0.05, 0) is 23.3 Å². The number of carbonyl (C=O) groups excluding carboxylic acids is 1. The first-order valence-corrected chi connectivity index (χ1v) is 10.7. The van der Waals surface area contributed by atoms with Crippen molar-refractivity contribution in [1.82, 2.24) is 10.3 Å². The molecule has 3 aromatic carbocycles. The first-order valence-electron chi connectivity index (χ1n) is 9.07. The van der Waals surface area contributed by atoms with Crippen LogP contribution in [0.1, 0.15) is 27.0 Å². The molecular formula is C23H16Cl2N2O2S. The van der Waals surface area contributed by atoms with Crippen molar-refractivity contribution < 1.29 is 9.90 Å². The molecule has 4 nitrogen and oxygen atoms in total. The van der Waals surface area contributed by atoms with Crippen molar-refractivity contribution in [2.45, 2.75) is 6.04 Å². The van der Waals surface area contributed by atoms with Gasteiger partial charge in [0.15, 0.2) is 10.8 Å². The van der Waals surface area contributed by atoms with Crippen LogP contribution in [0.25, 0.3) is 11.3 Å². The molecule has 0 atom stereocenters. The Morgan fingerprint density at radius 2 is 1.47 bits per heavy atom.